The molecule has 10 heteroatoms. The van der Waals surface area contributed by atoms with Crippen molar-refractivity contribution >= 4 is 55.1 Å². The summed E-state index contributed by atoms with van der Waals surface area (Å²) in [6.45, 7) is 7.02. The molecule has 0 heterocycles. The fourth-order valence-electron chi connectivity index (χ4n) is 4.04. The third-order valence-corrected chi connectivity index (χ3v) is 8.39. The van der Waals surface area contributed by atoms with Crippen LogP contribution in [0, 0.1) is 0 Å². The summed E-state index contributed by atoms with van der Waals surface area (Å²) in [5, 5.41) is 3.50. The van der Waals surface area contributed by atoms with E-state index in [1.54, 1.807) is 66.7 Å². The van der Waals surface area contributed by atoms with Crippen LogP contribution in [0.5, 0.6) is 0 Å². The lowest BCUT2D eigenvalue weighted by atomic mass is 10.1. The Kier molecular flexibility index (Phi) is 10.2. The Bertz CT molecular complexity index is 1390. The van der Waals surface area contributed by atoms with Crippen LogP contribution in [0.15, 0.2) is 88.2 Å². The Balaban J connectivity index is 2.06. The van der Waals surface area contributed by atoms with Gasteiger partial charge in [0, 0.05) is 21.6 Å². The molecule has 0 aromatic heterocycles. The van der Waals surface area contributed by atoms with Crippen LogP contribution in [0.1, 0.15) is 39.7 Å². The lowest BCUT2D eigenvalue weighted by Crippen LogP contribution is -2.55. The van der Waals surface area contributed by atoms with Crippen molar-refractivity contribution in [2.75, 3.05) is 10.8 Å². The van der Waals surface area contributed by atoms with Gasteiger partial charge in [-0.3, -0.25) is 13.9 Å². The average Bonchev–Trinajstić information content (AvgIpc) is 2.87. The van der Waals surface area contributed by atoms with Crippen LogP contribution in [0.25, 0.3) is 0 Å². The smallest absolute Gasteiger partial charge is 0.264 e. The fraction of sp³-hybridized carbons (Fsp3) is 0.310. The summed E-state index contributed by atoms with van der Waals surface area (Å²) in [6, 6.07) is 20.9. The second-order valence-electron chi connectivity index (χ2n) is 10.1. The van der Waals surface area contributed by atoms with Crippen LogP contribution in [0.3, 0.4) is 0 Å². The molecule has 1 N–H and O–H groups in total. The van der Waals surface area contributed by atoms with Crippen molar-refractivity contribution in [1.29, 1.82) is 0 Å². The van der Waals surface area contributed by atoms with Crippen LogP contribution in [-0.4, -0.2) is 43.3 Å². The van der Waals surface area contributed by atoms with E-state index in [0.717, 1.165) is 9.87 Å². The van der Waals surface area contributed by atoms with Crippen molar-refractivity contribution in [3.63, 3.8) is 0 Å². The number of benzene rings is 3. The maximum atomic E-state index is 14.0. The van der Waals surface area contributed by atoms with E-state index in [2.05, 4.69) is 21.2 Å². The topological polar surface area (TPSA) is 86.8 Å². The van der Waals surface area contributed by atoms with Crippen molar-refractivity contribution in [2.45, 2.75) is 57.1 Å². The summed E-state index contributed by atoms with van der Waals surface area (Å²) in [6.07, 6.45) is 0.337. The van der Waals surface area contributed by atoms with Gasteiger partial charge in [0.25, 0.3) is 10.0 Å². The van der Waals surface area contributed by atoms with Crippen molar-refractivity contribution in [1.82, 2.24) is 10.2 Å². The van der Waals surface area contributed by atoms with Gasteiger partial charge in [-0.2, -0.15) is 0 Å². The highest BCUT2D eigenvalue weighted by molar-refractivity contribution is 9.10. The second kappa shape index (κ2) is 13.0. The third kappa shape index (κ3) is 8.30. The SMILES string of the molecule is CC[C@H](C(=O)NC(C)(C)C)N(Cc1ccc(Cl)cc1)C(=O)CN(c1cccc(Br)c1)S(=O)(=O)c1ccccc1. The molecule has 0 radical (unpaired) electrons. The molecule has 208 valence electrons. The average molecular weight is 635 g/mol. The summed E-state index contributed by atoms with van der Waals surface area (Å²) in [5.41, 5.74) is 0.563. The molecule has 0 aliphatic rings. The number of anilines is 1. The Morgan fingerprint density at radius 3 is 2.18 bits per heavy atom. The molecular formula is C29H33BrClN3O4S. The zero-order chi connectivity index (χ0) is 28.8. The van der Waals surface area contributed by atoms with Gasteiger partial charge in [0.2, 0.25) is 11.8 Å². The Morgan fingerprint density at radius 2 is 1.62 bits per heavy atom. The zero-order valence-electron chi connectivity index (χ0n) is 22.4. The number of nitrogens with zero attached hydrogens (tertiary/aromatic N) is 2. The maximum Gasteiger partial charge on any atom is 0.264 e. The molecule has 3 aromatic carbocycles. The summed E-state index contributed by atoms with van der Waals surface area (Å²) >= 11 is 9.46. The molecule has 0 bridgehead atoms. The van der Waals surface area contributed by atoms with Gasteiger partial charge in [-0.1, -0.05) is 70.9 Å². The van der Waals surface area contributed by atoms with Gasteiger partial charge in [0.15, 0.2) is 0 Å². The van der Waals surface area contributed by atoms with E-state index in [1.807, 2.05) is 27.7 Å². The van der Waals surface area contributed by atoms with E-state index in [4.69, 9.17) is 11.6 Å². The minimum atomic E-state index is -4.11. The van der Waals surface area contributed by atoms with Crippen LogP contribution in [0.4, 0.5) is 5.69 Å². The van der Waals surface area contributed by atoms with Crippen molar-refractivity contribution in [2.24, 2.45) is 0 Å². The molecule has 7 nitrogen and oxygen atoms in total. The molecule has 1 atom stereocenters. The first kappa shape index (κ1) is 30.7. The highest BCUT2D eigenvalue weighted by Crippen LogP contribution is 2.27. The molecule has 3 aromatic rings. The minimum Gasteiger partial charge on any atom is -0.350 e. The molecule has 2 amide bonds. The number of amides is 2. The predicted molar refractivity (Wildman–Crippen MR) is 159 cm³/mol. The number of halogens is 2. The standard InChI is InChI=1S/C29H33BrClN3O4S/c1-5-26(28(36)32-29(2,3)4)33(19-21-14-16-23(31)17-15-21)27(35)20-34(24-11-9-10-22(30)18-24)39(37,38)25-12-7-6-8-13-25/h6-18,26H,5,19-20H2,1-4H3,(H,32,36)/t26-/m1/s1. The highest BCUT2D eigenvalue weighted by Gasteiger charge is 2.34. The van der Waals surface area contributed by atoms with Crippen LogP contribution in [0.2, 0.25) is 5.02 Å². The molecular weight excluding hydrogens is 602 g/mol. The highest BCUT2D eigenvalue weighted by atomic mass is 79.9. The molecule has 0 aliphatic carbocycles. The first-order valence-electron chi connectivity index (χ1n) is 12.5. The molecule has 0 unspecified atom stereocenters. The molecule has 0 saturated heterocycles. The van der Waals surface area contributed by atoms with Gasteiger partial charge in [-0.05, 0) is 75.2 Å². The number of carbonyl (C=O) groups excluding carboxylic acids is 2. The Morgan fingerprint density at radius 1 is 0.974 bits per heavy atom. The van der Waals surface area contributed by atoms with Crippen LogP contribution in [-0.2, 0) is 26.2 Å². The van der Waals surface area contributed by atoms with E-state index in [-0.39, 0.29) is 17.3 Å². The maximum absolute atomic E-state index is 14.0. The number of hydrogen-bond donors (Lipinski definition) is 1. The summed E-state index contributed by atoms with van der Waals surface area (Å²) in [7, 11) is -4.11. The van der Waals surface area contributed by atoms with E-state index < -0.39 is 34.1 Å². The molecule has 0 aliphatic heterocycles. The predicted octanol–water partition coefficient (Wildman–Crippen LogP) is 6.02. The Labute approximate surface area is 244 Å². The lowest BCUT2D eigenvalue weighted by molar-refractivity contribution is -0.141. The number of carbonyl (C=O) groups is 2. The van der Waals surface area contributed by atoms with E-state index >= 15 is 0 Å². The van der Waals surface area contributed by atoms with Gasteiger partial charge in [-0.25, -0.2) is 8.42 Å². The molecule has 0 spiro atoms. The molecule has 39 heavy (non-hydrogen) atoms. The third-order valence-electron chi connectivity index (χ3n) is 5.86. The first-order chi connectivity index (χ1) is 18.3. The van der Waals surface area contributed by atoms with Gasteiger partial charge in [0.05, 0.1) is 10.6 Å². The van der Waals surface area contributed by atoms with Crippen molar-refractivity contribution in [3.8, 4) is 0 Å². The largest absolute Gasteiger partial charge is 0.350 e. The quantitative estimate of drug-likeness (QED) is 0.296. The van der Waals surface area contributed by atoms with Gasteiger partial charge < -0.3 is 10.2 Å². The van der Waals surface area contributed by atoms with E-state index in [0.29, 0.717) is 21.6 Å². The monoisotopic (exact) mass is 633 g/mol. The molecule has 3 rings (SSSR count). The summed E-state index contributed by atoms with van der Waals surface area (Å²) in [4.78, 5) is 28.9. The van der Waals surface area contributed by atoms with Gasteiger partial charge in [0.1, 0.15) is 12.6 Å². The number of rotatable bonds is 10. The first-order valence-corrected chi connectivity index (χ1v) is 15.1. The number of sulfonamides is 1. The summed E-state index contributed by atoms with van der Waals surface area (Å²) < 4.78 is 29.4. The lowest BCUT2D eigenvalue weighted by Gasteiger charge is -2.34. The van der Waals surface area contributed by atoms with Crippen molar-refractivity contribution < 1.29 is 18.0 Å². The van der Waals surface area contributed by atoms with Crippen LogP contribution < -0.4 is 9.62 Å². The fourth-order valence-corrected chi connectivity index (χ4v) is 5.98. The van der Waals surface area contributed by atoms with Crippen molar-refractivity contribution in [3.05, 3.63) is 93.9 Å². The molecule has 0 saturated carbocycles. The Hall–Kier alpha value is -2.88. The molecule has 0 fully saturated rings. The van der Waals surface area contributed by atoms with Gasteiger partial charge in [-0.15, -0.1) is 0 Å². The van der Waals surface area contributed by atoms with E-state index in [9.17, 15) is 18.0 Å². The zero-order valence-corrected chi connectivity index (χ0v) is 25.6. The summed E-state index contributed by atoms with van der Waals surface area (Å²) in [5.74, 6) is -0.826. The van der Waals surface area contributed by atoms with Gasteiger partial charge >= 0.3 is 0 Å². The van der Waals surface area contributed by atoms with Crippen LogP contribution >= 0.6 is 27.5 Å². The number of hydrogen-bond acceptors (Lipinski definition) is 4. The van der Waals surface area contributed by atoms with E-state index in [1.165, 1.54) is 17.0 Å². The minimum absolute atomic E-state index is 0.0551. The second-order valence-corrected chi connectivity index (χ2v) is 13.3. The normalized spacial score (nSPS) is 12.5. The number of nitrogens with one attached hydrogen (secondary N) is 1.